The summed E-state index contributed by atoms with van der Waals surface area (Å²) in [7, 11) is 0. The van der Waals surface area contributed by atoms with Gasteiger partial charge in [0.2, 0.25) is 0 Å². The molecule has 2 heteroatoms. The van der Waals surface area contributed by atoms with E-state index in [9.17, 15) is 0 Å². The molecule has 0 amide bonds. The Morgan fingerprint density at radius 2 is 0.515 bits per heavy atom. The number of allylic oxidation sites excluding steroid dienone is 4. The topological polar surface area (TPSA) is 6.48 Å². The highest BCUT2D eigenvalue weighted by molar-refractivity contribution is 6.10. The van der Waals surface area contributed by atoms with Gasteiger partial charge in [0.25, 0.3) is 0 Å². The molecule has 0 N–H and O–H groups in total. The van der Waals surface area contributed by atoms with Crippen LogP contribution in [0.4, 0.5) is 34.1 Å². The quantitative estimate of drug-likeness (QED) is 0.135. The van der Waals surface area contributed by atoms with E-state index >= 15 is 0 Å². The second-order valence-corrected chi connectivity index (χ2v) is 20.0. The van der Waals surface area contributed by atoms with Gasteiger partial charge in [-0.05, 0) is 198 Å². The second-order valence-electron chi connectivity index (χ2n) is 20.0. The summed E-state index contributed by atoms with van der Waals surface area (Å²) in [5.41, 5.74) is 21.4. The van der Waals surface area contributed by atoms with Gasteiger partial charge in [-0.1, -0.05) is 145 Å². The molecule has 4 saturated carbocycles. The molecule has 0 aromatic heterocycles. The van der Waals surface area contributed by atoms with Crippen molar-refractivity contribution >= 4 is 69.2 Å². The summed E-state index contributed by atoms with van der Waals surface area (Å²) in [6, 6.07) is 46.7. The van der Waals surface area contributed by atoms with Crippen LogP contribution < -0.4 is 9.80 Å². The fraction of sp³-hybridized carbons (Fsp3) is 0.344. The molecule has 10 rings (SSSR count). The van der Waals surface area contributed by atoms with Crippen LogP contribution in [0.25, 0.3) is 35.1 Å². The lowest BCUT2D eigenvalue weighted by Gasteiger charge is -2.34. The number of benzene rings is 6. The fourth-order valence-corrected chi connectivity index (χ4v) is 11.5. The normalized spacial score (nSPS) is 16.8. The van der Waals surface area contributed by atoms with Gasteiger partial charge in [-0.25, -0.2) is 0 Å². The van der Waals surface area contributed by atoms with E-state index in [2.05, 4.69) is 169 Å². The predicted molar refractivity (Wildman–Crippen MR) is 287 cm³/mol. The highest BCUT2D eigenvalue weighted by atomic mass is 15.2. The van der Waals surface area contributed by atoms with E-state index in [1.807, 2.05) is 0 Å². The van der Waals surface area contributed by atoms with Gasteiger partial charge in [0.15, 0.2) is 0 Å². The minimum atomic E-state index is 1.18. The van der Waals surface area contributed by atoms with Crippen molar-refractivity contribution in [3.05, 3.63) is 177 Å². The Morgan fingerprint density at radius 3 is 0.742 bits per heavy atom. The lowest BCUT2D eigenvalue weighted by atomic mass is 9.92. The monoisotopic (exact) mass is 867 g/mol. The summed E-state index contributed by atoms with van der Waals surface area (Å²) >= 11 is 0. The van der Waals surface area contributed by atoms with E-state index in [0.717, 1.165) is 0 Å². The van der Waals surface area contributed by atoms with E-state index in [1.54, 1.807) is 22.3 Å². The van der Waals surface area contributed by atoms with Gasteiger partial charge in [-0.15, -0.1) is 0 Å². The maximum absolute atomic E-state index is 2.54. The summed E-state index contributed by atoms with van der Waals surface area (Å²) in [4.78, 5) is 5.07. The zero-order valence-corrected chi connectivity index (χ0v) is 39.9. The van der Waals surface area contributed by atoms with Gasteiger partial charge in [-0.3, -0.25) is 0 Å². The Morgan fingerprint density at radius 1 is 0.288 bits per heavy atom. The van der Waals surface area contributed by atoms with Crippen LogP contribution in [-0.2, 0) is 0 Å². The Bertz CT molecular complexity index is 2370. The summed E-state index contributed by atoms with van der Waals surface area (Å²) in [5.74, 6) is 0. The number of anilines is 6. The zero-order valence-electron chi connectivity index (χ0n) is 39.9. The maximum Gasteiger partial charge on any atom is 0.0573 e. The Balaban J connectivity index is 1.10. The van der Waals surface area contributed by atoms with Crippen molar-refractivity contribution in [1.82, 2.24) is 0 Å². The van der Waals surface area contributed by atoms with Crippen LogP contribution in [0.15, 0.2) is 144 Å². The van der Waals surface area contributed by atoms with Crippen molar-refractivity contribution in [3.8, 4) is 0 Å². The van der Waals surface area contributed by atoms with Crippen molar-refractivity contribution in [2.24, 2.45) is 0 Å². The van der Waals surface area contributed by atoms with Gasteiger partial charge in [0.1, 0.15) is 0 Å². The molecule has 0 aliphatic heterocycles. The van der Waals surface area contributed by atoms with E-state index in [1.165, 1.54) is 207 Å². The Kier molecular flexibility index (Phi) is 13.8. The second kappa shape index (κ2) is 20.8. The third kappa shape index (κ3) is 10.1. The van der Waals surface area contributed by atoms with E-state index in [-0.39, 0.29) is 0 Å². The van der Waals surface area contributed by atoms with Gasteiger partial charge in [-0.2, -0.15) is 0 Å². The molecule has 2 nitrogen and oxygen atoms in total. The molecule has 0 spiro atoms. The average Bonchev–Trinajstić information content (AvgIpc) is 3.37. The molecule has 0 bridgehead atoms. The van der Waals surface area contributed by atoms with Crippen LogP contribution in [0.5, 0.6) is 0 Å². The minimum absolute atomic E-state index is 1.18. The highest BCUT2D eigenvalue weighted by Gasteiger charge is 2.26. The van der Waals surface area contributed by atoms with Crippen molar-refractivity contribution in [2.75, 3.05) is 9.80 Å². The maximum atomic E-state index is 2.54. The molecule has 6 aromatic carbocycles. The molecule has 336 valence electrons. The third-order valence-electron chi connectivity index (χ3n) is 15.2. The largest absolute Gasteiger partial charge is 0.310 e. The standard InChI is InChI=1S/C64H70N2/c1-47-48(2)64(66(59-39-31-55(32-40-59)45-51-21-11-5-12-22-51)60-41-33-56(34-42-60)46-52-23-13-6-14-24-52)62-26-16-15-25-61(62)63(47)65(57-35-27-53(28-36-57)43-49-17-7-3-8-18-49)58-37-29-54(30-38-58)44-50-19-9-4-10-20-50/h15-16,25-46H,3-14,17-24H2,1-2H3. The van der Waals surface area contributed by atoms with Crippen molar-refractivity contribution in [2.45, 2.75) is 142 Å². The molecule has 66 heavy (non-hydrogen) atoms. The zero-order chi connectivity index (χ0) is 44.7. The number of nitrogens with zero attached hydrogens (tertiary/aromatic N) is 2. The van der Waals surface area contributed by atoms with Crippen LogP contribution >= 0.6 is 0 Å². The molecule has 4 fully saturated rings. The first-order valence-electron chi connectivity index (χ1n) is 25.8. The lowest BCUT2D eigenvalue weighted by molar-refractivity contribution is 0.602. The van der Waals surface area contributed by atoms with Crippen LogP contribution in [-0.4, -0.2) is 0 Å². The Labute approximate surface area is 396 Å². The van der Waals surface area contributed by atoms with Crippen LogP contribution in [0.3, 0.4) is 0 Å². The molecule has 0 unspecified atom stereocenters. The van der Waals surface area contributed by atoms with Gasteiger partial charge in [0, 0.05) is 33.5 Å². The first-order valence-corrected chi connectivity index (χ1v) is 25.8. The molecule has 0 heterocycles. The van der Waals surface area contributed by atoms with Crippen molar-refractivity contribution in [3.63, 3.8) is 0 Å². The molecular formula is C64H70N2. The average molecular weight is 867 g/mol. The number of fused-ring (bicyclic) bond motifs is 1. The predicted octanol–water partition coefficient (Wildman–Crippen LogP) is 19.8. The molecule has 6 aromatic rings. The van der Waals surface area contributed by atoms with E-state index in [4.69, 9.17) is 0 Å². The smallest absolute Gasteiger partial charge is 0.0573 e. The molecular weight excluding hydrogens is 797 g/mol. The molecule has 4 aliphatic rings. The lowest BCUT2D eigenvalue weighted by Crippen LogP contribution is -2.16. The van der Waals surface area contributed by atoms with Crippen molar-refractivity contribution < 1.29 is 0 Å². The summed E-state index contributed by atoms with van der Waals surface area (Å²) in [5, 5.41) is 2.50. The summed E-state index contributed by atoms with van der Waals surface area (Å²) in [6.45, 7) is 4.71. The third-order valence-corrected chi connectivity index (χ3v) is 15.2. The molecule has 0 saturated heterocycles. The van der Waals surface area contributed by atoms with Gasteiger partial charge >= 0.3 is 0 Å². The first-order chi connectivity index (χ1) is 32.5. The highest BCUT2D eigenvalue weighted by Crippen LogP contribution is 2.50. The summed E-state index contributed by atoms with van der Waals surface area (Å²) in [6.07, 6.45) is 35.6. The van der Waals surface area contributed by atoms with Gasteiger partial charge < -0.3 is 9.80 Å². The molecule has 4 aliphatic carbocycles. The number of hydrogen-bond donors (Lipinski definition) is 0. The van der Waals surface area contributed by atoms with Crippen LogP contribution in [0.1, 0.15) is 162 Å². The minimum Gasteiger partial charge on any atom is -0.310 e. The number of hydrogen-bond acceptors (Lipinski definition) is 2. The SMILES string of the molecule is Cc1c(C)c(N(c2ccc(C=C3CCCCC3)cc2)c2ccc(C=C3CCCCC3)cc2)c2ccccc2c1N(c1ccc(C=C2CCCCC2)cc1)c1ccc(C=C2CCCCC2)cc1. The van der Waals surface area contributed by atoms with Crippen LogP contribution in [0.2, 0.25) is 0 Å². The molecule has 0 radical (unpaired) electrons. The first kappa shape index (κ1) is 44.0. The van der Waals surface area contributed by atoms with E-state index < -0.39 is 0 Å². The van der Waals surface area contributed by atoms with Gasteiger partial charge in [0.05, 0.1) is 11.4 Å². The van der Waals surface area contributed by atoms with Crippen molar-refractivity contribution in [1.29, 1.82) is 0 Å². The fourth-order valence-electron chi connectivity index (χ4n) is 11.5. The Hall–Kier alpha value is -5.86. The van der Waals surface area contributed by atoms with Crippen LogP contribution in [0, 0.1) is 13.8 Å². The number of rotatable bonds is 10. The summed E-state index contributed by atoms with van der Waals surface area (Å²) < 4.78 is 0. The molecule has 0 atom stereocenters. The van der Waals surface area contributed by atoms with E-state index in [0.29, 0.717) is 0 Å².